The zero-order valence-corrected chi connectivity index (χ0v) is 10.8. The Morgan fingerprint density at radius 3 is 2.00 bits per heavy atom. The molecule has 3 saturated heterocycles. The van der Waals surface area contributed by atoms with Crippen LogP contribution in [-0.4, -0.2) is 63.8 Å². The van der Waals surface area contributed by atoms with Crippen molar-refractivity contribution in [1.29, 1.82) is 0 Å². The molecule has 0 bridgehead atoms. The van der Waals surface area contributed by atoms with E-state index < -0.39 is 9.84 Å². The highest BCUT2D eigenvalue weighted by molar-refractivity contribution is 7.91. The van der Waals surface area contributed by atoms with Crippen molar-refractivity contribution >= 4 is 9.84 Å². The Kier molecular flexibility index (Phi) is 3.25. The molecular weight excluding hydrogens is 250 g/mol. The maximum Gasteiger partial charge on any atom is 0.161 e. The minimum Gasteiger partial charge on any atom is -1.00 e. The quantitative estimate of drug-likeness (QED) is 0.428. The molecule has 3 aliphatic rings. The van der Waals surface area contributed by atoms with Gasteiger partial charge in [-0.3, -0.25) is 0 Å². The third kappa shape index (κ3) is 2.10. The summed E-state index contributed by atoms with van der Waals surface area (Å²) in [7, 11) is -2.72. The number of nitrogens with zero attached hydrogens (tertiary/aromatic N) is 1. The fraction of sp³-hybridized carbons (Fsp3) is 1.00. The van der Waals surface area contributed by atoms with Crippen LogP contribution in [0.1, 0.15) is 0 Å². The van der Waals surface area contributed by atoms with E-state index in [-0.39, 0.29) is 12.4 Å². The Hall–Kier alpha value is 0.160. The van der Waals surface area contributed by atoms with Gasteiger partial charge in [0, 0.05) is 11.8 Å². The van der Waals surface area contributed by atoms with Crippen LogP contribution >= 0.6 is 0 Å². The van der Waals surface area contributed by atoms with E-state index in [0.29, 0.717) is 23.3 Å². The lowest BCUT2D eigenvalue weighted by Crippen LogP contribution is -3.00. The predicted octanol–water partition coefficient (Wildman–Crippen LogP) is -3.49. The molecule has 3 aliphatic heterocycles. The molecule has 0 aromatic heterocycles. The molecule has 1 spiro atoms. The van der Waals surface area contributed by atoms with E-state index in [1.54, 1.807) is 0 Å². The lowest BCUT2D eigenvalue weighted by Gasteiger charge is -2.38. The van der Waals surface area contributed by atoms with Crippen molar-refractivity contribution in [2.24, 2.45) is 11.8 Å². The van der Waals surface area contributed by atoms with Crippen LogP contribution in [0.5, 0.6) is 0 Å². The van der Waals surface area contributed by atoms with E-state index in [9.17, 15) is 8.42 Å². The first kappa shape index (κ1) is 12.6. The van der Waals surface area contributed by atoms with Crippen molar-refractivity contribution in [3.05, 3.63) is 0 Å². The number of hydrogen-bond donors (Lipinski definition) is 0. The molecule has 4 nitrogen and oxygen atoms in total. The summed E-state index contributed by atoms with van der Waals surface area (Å²) in [4.78, 5) is 0. The summed E-state index contributed by atoms with van der Waals surface area (Å²) in [5, 5.41) is 0. The SMILES string of the molecule is O=S1(=O)CC[N+]2(CC1)C[C@H]1COC[C@H]1C2.[Cl-]. The first-order valence-electron chi connectivity index (χ1n) is 5.72. The van der Waals surface area contributed by atoms with Crippen molar-refractivity contribution in [3.8, 4) is 0 Å². The first-order valence-corrected chi connectivity index (χ1v) is 7.54. The minimum atomic E-state index is -2.72. The molecule has 0 aromatic rings. The molecule has 0 aliphatic carbocycles. The van der Waals surface area contributed by atoms with E-state index >= 15 is 0 Å². The van der Waals surface area contributed by atoms with Gasteiger partial charge in [0.1, 0.15) is 0 Å². The van der Waals surface area contributed by atoms with Gasteiger partial charge in [-0.25, -0.2) is 8.42 Å². The van der Waals surface area contributed by atoms with Crippen LogP contribution in [0.15, 0.2) is 0 Å². The second kappa shape index (κ2) is 4.12. The van der Waals surface area contributed by atoms with E-state index in [4.69, 9.17) is 4.74 Å². The number of sulfone groups is 1. The molecule has 2 atom stereocenters. The highest BCUT2D eigenvalue weighted by Crippen LogP contribution is 2.35. The molecule has 0 unspecified atom stereocenters. The van der Waals surface area contributed by atoms with Gasteiger partial charge in [0.2, 0.25) is 0 Å². The van der Waals surface area contributed by atoms with Crippen LogP contribution in [0, 0.1) is 11.8 Å². The summed E-state index contributed by atoms with van der Waals surface area (Å²) in [5.74, 6) is 2.19. The van der Waals surface area contributed by atoms with Gasteiger partial charge >= 0.3 is 0 Å². The third-order valence-electron chi connectivity index (χ3n) is 4.33. The van der Waals surface area contributed by atoms with Crippen molar-refractivity contribution in [2.45, 2.75) is 0 Å². The number of quaternary nitrogens is 1. The van der Waals surface area contributed by atoms with Crippen molar-refractivity contribution in [1.82, 2.24) is 0 Å². The number of fused-ring (bicyclic) bond motifs is 1. The molecule has 16 heavy (non-hydrogen) atoms. The molecule has 0 N–H and O–H groups in total. The van der Waals surface area contributed by atoms with Crippen LogP contribution in [0.4, 0.5) is 0 Å². The molecule has 94 valence electrons. The fourth-order valence-corrected chi connectivity index (χ4v) is 4.90. The van der Waals surface area contributed by atoms with Gasteiger partial charge in [0.15, 0.2) is 9.84 Å². The predicted molar refractivity (Wildman–Crippen MR) is 56.2 cm³/mol. The Morgan fingerprint density at radius 2 is 1.50 bits per heavy atom. The molecule has 0 aromatic carbocycles. The van der Waals surface area contributed by atoms with Crippen LogP contribution < -0.4 is 12.4 Å². The van der Waals surface area contributed by atoms with Crippen LogP contribution in [-0.2, 0) is 14.6 Å². The van der Waals surface area contributed by atoms with Gasteiger partial charge in [-0.2, -0.15) is 0 Å². The standard InChI is InChI=1S/C10H18NO3S.ClH/c12-15(13)3-1-11(2-4-15)5-9-7-14-8-10(9)6-11;/h9-10H,1-8H2;1H/q+1;/p-1/t9-,10+;. The topological polar surface area (TPSA) is 43.4 Å². The average molecular weight is 268 g/mol. The van der Waals surface area contributed by atoms with Gasteiger partial charge in [-0.05, 0) is 0 Å². The maximum absolute atomic E-state index is 11.4. The Bertz CT molecular complexity index is 342. The van der Waals surface area contributed by atoms with E-state index in [1.807, 2.05) is 0 Å². The van der Waals surface area contributed by atoms with Gasteiger partial charge < -0.3 is 21.6 Å². The van der Waals surface area contributed by atoms with Gasteiger partial charge in [0.25, 0.3) is 0 Å². The van der Waals surface area contributed by atoms with Crippen LogP contribution in [0.25, 0.3) is 0 Å². The third-order valence-corrected chi connectivity index (χ3v) is 5.94. The Morgan fingerprint density at radius 1 is 1.00 bits per heavy atom. The second-order valence-electron chi connectivity index (χ2n) is 5.36. The first-order chi connectivity index (χ1) is 7.09. The summed E-state index contributed by atoms with van der Waals surface area (Å²) in [6, 6.07) is 0. The molecule has 0 radical (unpaired) electrons. The molecule has 3 heterocycles. The van der Waals surface area contributed by atoms with Gasteiger partial charge in [0.05, 0.1) is 50.9 Å². The van der Waals surface area contributed by atoms with E-state index in [0.717, 1.165) is 43.9 Å². The number of halogens is 1. The highest BCUT2D eigenvalue weighted by atomic mass is 35.5. The van der Waals surface area contributed by atoms with Crippen LogP contribution in [0.2, 0.25) is 0 Å². The Balaban J connectivity index is 0.000000963. The van der Waals surface area contributed by atoms with Crippen molar-refractivity contribution in [2.75, 3.05) is 50.9 Å². The highest BCUT2D eigenvalue weighted by Gasteiger charge is 2.49. The number of ether oxygens (including phenoxy) is 1. The lowest BCUT2D eigenvalue weighted by atomic mass is 10.0. The molecular formula is C10H18ClNO3S. The van der Waals surface area contributed by atoms with Crippen molar-refractivity contribution in [3.63, 3.8) is 0 Å². The zero-order valence-electron chi connectivity index (χ0n) is 9.27. The summed E-state index contributed by atoms with van der Waals surface area (Å²) >= 11 is 0. The smallest absolute Gasteiger partial charge is 0.161 e. The van der Waals surface area contributed by atoms with E-state index in [2.05, 4.69) is 0 Å². The van der Waals surface area contributed by atoms with Crippen LogP contribution in [0.3, 0.4) is 0 Å². The maximum atomic E-state index is 11.4. The average Bonchev–Trinajstić information content (AvgIpc) is 2.69. The summed E-state index contributed by atoms with van der Waals surface area (Å²) in [5.41, 5.74) is 0. The molecule has 3 rings (SSSR count). The molecule has 3 fully saturated rings. The second-order valence-corrected chi connectivity index (χ2v) is 7.67. The lowest BCUT2D eigenvalue weighted by molar-refractivity contribution is -0.916. The normalized spacial score (nSPS) is 39.2. The molecule has 0 amide bonds. The minimum absolute atomic E-state index is 0. The summed E-state index contributed by atoms with van der Waals surface area (Å²) < 4.78 is 29.3. The van der Waals surface area contributed by atoms with Gasteiger partial charge in [-0.1, -0.05) is 0 Å². The summed E-state index contributed by atoms with van der Waals surface area (Å²) in [6.45, 7) is 5.79. The fourth-order valence-electron chi connectivity index (χ4n) is 3.36. The molecule has 0 saturated carbocycles. The monoisotopic (exact) mass is 267 g/mol. The van der Waals surface area contributed by atoms with Crippen molar-refractivity contribution < 1.29 is 30.0 Å². The van der Waals surface area contributed by atoms with Gasteiger partial charge in [-0.15, -0.1) is 0 Å². The zero-order chi connectivity index (χ0) is 10.5. The van der Waals surface area contributed by atoms with E-state index in [1.165, 1.54) is 0 Å². The summed E-state index contributed by atoms with van der Waals surface area (Å²) in [6.07, 6.45) is 0. The molecule has 6 heteroatoms. The number of rotatable bonds is 0. The number of hydrogen-bond acceptors (Lipinski definition) is 3. The Labute approximate surface area is 103 Å². The largest absolute Gasteiger partial charge is 1.00 e.